The van der Waals surface area contributed by atoms with Gasteiger partial charge in [0.25, 0.3) is 0 Å². The van der Waals surface area contributed by atoms with Crippen molar-refractivity contribution in [3.8, 4) is 0 Å². The van der Waals surface area contributed by atoms with Crippen molar-refractivity contribution < 1.29 is 0 Å². The molecule has 0 heterocycles. The Morgan fingerprint density at radius 3 is 1.69 bits per heavy atom. The van der Waals surface area contributed by atoms with Crippen LogP contribution in [0.25, 0.3) is 0 Å². The van der Waals surface area contributed by atoms with Gasteiger partial charge in [-0.05, 0) is 36.0 Å². The maximum Gasteiger partial charge on any atom is -0.0389 e. The molecule has 0 aliphatic heterocycles. The predicted molar refractivity (Wildman–Crippen MR) is 75.6 cm³/mol. The molecule has 0 fully saturated rings. The zero-order chi connectivity index (χ0) is 12.7. The SMILES string of the molecule is CCCC(C)CC(C)C(C)C(C)C(C)CC. The summed E-state index contributed by atoms with van der Waals surface area (Å²) in [5.74, 6) is 4.40. The Balaban J connectivity index is 4.11. The molecule has 0 aromatic carbocycles. The summed E-state index contributed by atoms with van der Waals surface area (Å²) in [4.78, 5) is 0. The molecule has 16 heavy (non-hydrogen) atoms. The van der Waals surface area contributed by atoms with E-state index in [-0.39, 0.29) is 0 Å². The van der Waals surface area contributed by atoms with E-state index < -0.39 is 0 Å². The van der Waals surface area contributed by atoms with Crippen LogP contribution in [0.3, 0.4) is 0 Å². The van der Waals surface area contributed by atoms with Gasteiger partial charge in [-0.25, -0.2) is 0 Å². The van der Waals surface area contributed by atoms with Gasteiger partial charge in [-0.2, -0.15) is 0 Å². The Labute approximate surface area is 104 Å². The monoisotopic (exact) mass is 226 g/mol. The molecule has 0 N–H and O–H groups in total. The third kappa shape index (κ3) is 5.37. The van der Waals surface area contributed by atoms with E-state index in [1.54, 1.807) is 0 Å². The zero-order valence-electron chi connectivity index (χ0n) is 12.7. The van der Waals surface area contributed by atoms with Crippen molar-refractivity contribution in [3.05, 3.63) is 0 Å². The second-order valence-electron chi connectivity index (χ2n) is 6.21. The van der Waals surface area contributed by atoms with Crippen LogP contribution < -0.4 is 0 Å². The van der Waals surface area contributed by atoms with Gasteiger partial charge in [-0.3, -0.25) is 0 Å². The number of hydrogen-bond acceptors (Lipinski definition) is 0. The second-order valence-corrected chi connectivity index (χ2v) is 6.21. The lowest BCUT2D eigenvalue weighted by molar-refractivity contribution is 0.185. The van der Waals surface area contributed by atoms with Crippen LogP contribution in [-0.2, 0) is 0 Å². The first kappa shape index (κ1) is 16.0. The zero-order valence-corrected chi connectivity index (χ0v) is 12.7. The van der Waals surface area contributed by atoms with Crippen LogP contribution in [0.4, 0.5) is 0 Å². The maximum absolute atomic E-state index is 2.46. The van der Waals surface area contributed by atoms with Crippen molar-refractivity contribution in [2.75, 3.05) is 0 Å². The van der Waals surface area contributed by atoms with E-state index in [1.165, 1.54) is 25.7 Å². The first-order valence-electron chi connectivity index (χ1n) is 7.43. The fraction of sp³-hybridized carbons (Fsp3) is 1.00. The highest BCUT2D eigenvalue weighted by Crippen LogP contribution is 2.32. The topological polar surface area (TPSA) is 0 Å². The fourth-order valence-electron chi connectivity index (χ4n) is 2.87. The molecule has 0 spiro atoms. The molecule has 0 saturated heterocycles. The van der Waals surface area contributed by atoms with E-state index in [0.29, 0.717) is 0 Å². The first-order chi connectivity index (χ1) is 7.43. The molecule has 0 rings (SSSR count). The van der Waals surface area contributed by atoms with Crippen LogP contribution in [0.1, 0.15) is 74.1 Å². The minimum absolute atomic E-state index is 0.869. The lowest BCUT2D eigenvalue weighted by Crippen LogP contribution is -2.23. The van der Waals surface area contributed by atoms with Gasteiger partial charge in [0.05, 0.1) is 0 Å². The molecule has 0 radical (unpaired) electrons. The molecule has 0 saturated carbocycles. The lowest BCUT2D eigenvalue weighted by atomic mass is 9.74. The highest BCUT2D eigenvalue weighted by Gasteiger charge is 2.23. The summed E-state index contributed by atoms with van der Waals surface area (Å²) in [6, 6.07) is 0. The summed E-state index contributed by atoms with van der Waals surface area (Å²) >= 11 is 0. The van der Waals surface area contributed by atoms with E-state index in [1.807, 2.05) is 0 Å². The van der Waals surface area contributed by atoms with Gasteiger partial charge in [0.2, 0.25) is 0 Å². The van der Waals surface area contributed by atoms with Gasteiger partial charge in [0.15, 0.2) is 0 Å². The van der Waals surface area contributed by atoms with Gasteiger partial charge in [0.1, 0.15) is 0 Å². The Morgan fingerprint density at radius 2 is 1.25 bits per heavy atom. The molecule has 5 unspecified atom stereocenters. The molecule has 0 aliphatic rings. The Morgan fingerprint density at radius 1 is 0.750 bits per heavy atom. The van der Waals surface area contributed by atoms with Gasteiger partial charge in [-0.1, -0.05) is 67.7 Å². The van der Waals surface area contributed by atoms with E-state index in [9.17, 15) is 0 Å². The van der Waals surface area contributed by atoms with Crippen LogP contribution in [0, 0.1) is 29.6 Å². The smallest absolute Gasteiger partial charge is 0.0389 e. The molecule has 5 atom stereocenters. The van der Waals surface area contributed by atoms with Crippen molar-refractivity contribution in [3.63, 3.8) is 0 Å². The highest BCUT2D eigenvalue weighted by molar-refractivity contribution is 4.73. The molecule has 0 aromatic rings. The summed E-state index contributed by atoms with van der Waals surface area (Å²) in [5, 5.41) is 0. The number of hydrogen-bond donors (Lipinski definition) is 0. The van der Waals surface area contributed by atoms with Crippen LogP contribution in [0.2, 0.25) is 0 Å². The molecule has 0 amide bonds. The Bertz CT molecular complexity index is 161. The standard InChI is InChI=1S/C16H34/c1-8-10-12(3)11-14(5)16(7)15(6)13(4)9-2/h12-16H,8-11H2,1-7H3. The molecule has 0 heteroatoms. The third-order valence-corrected chi connectivity index (χ3v) is 4.82. The van der Waals surface area contributed by atoms with E-state index in [0.717, 1.165) is 29.6 Å². The van der Waals surface area contributed by atoms with Crippen molar-refractivity contribution in [2.24, 2.45) is 29.6 Å². The van der Waals surface area contributed by atoms with Gasteiger partial charge in [0, 0.05) is 0 Å². The minimum Gasteiger partial charge on any atom is -0.0654 e. The van der Waals surface area contributed by atoms with Gasteiger partial charge < -0.3 is 0 Å². The molecule has 0 nitrogen and oxygen atoms in total. The minimum atomic E-state index is 0.869. The Kier molecular flexibility index (Phi) is 8.14. The summed E-state index contributed by atoms with van der Waals surface area (Å²) < 4.78 is 0. The van der Waals surface area contributed by atoms with Crippen LogP contribution >= 0.6 is 0 Å². The van der Waals surface area contributed by atoms with Crippen molar-refractivity contribution in [2.45, 2.75) is 74.1 Å². The molecule has 0 aromatic heterocycles. The van der Waals surface area contributed by atoms with Crippen molar-refractivity contribution >= 4 is 0 Å². The van der Waals surface area contributed by atoms with Crippen LogP contribution in [0.5, 0.6) is 0 Å². The van der Waals surface area contributed by atoms with E-state index >= 15 is 0 Å². The number of rotatable bonds is 8. The average molecular weight is 226 g/mol. The van der Waals surface area contributed by atoms with Gasteiger partial charge in [-0.15, -0.1) is 0 Å². The predicted octanol–water partition coefficient (Wildman–Crippen LogP) is 5.77. The van der Waals surface area contributed by atoms with Crippen LogP contribution in [-0.4, -0.2) is 0 Å². The van der Waals surface area contributed by atoms with Gasteiger partial charge >= 0.3 is 0 Å². The summed E-state index contributed by atoms with van der Waals surface area (Å²) in [6.45, 7) is 16.8. The summed E-state index contributed by atoms with van der Waals surface area (Å²) in [5.41, 5.74) is 0. The molecular formula is C16H34. The molecular weight excluding hydrogens is 192 g/mol. The van der Waals surface area contributed by atoms with Crippen molar-refractivity contribution in [1.82, 2.24) is 0 Å². The molecule has 0 bridgehead atoms. The first-order valence-corrected chi connectivity index (χ1v) is 7.43. The lowest BCUT2D eigenvalue weighted by Gasteiger charge is -2.31. The summed E-state index contributed by atoms with van der Waals surface area (Å²) in [6.07, 6.45) is 5.47. The average Bonchev–Trinajstić information content (AvgIpc) is 2.26. The Hall–Kier alpha value is 0. The third-order valence-electron chi connectivity index (χ3n) is 4.82. The molecule has 98 valence electrons. The van der Waals surface area contributed by atoms with E-state index in [2.05, 4.69) is 48.5 Å². The van der Waals surface area contributed by atoms with Crippen molar-refractivity contribution in [1.29, 1.82) is 0 Å². The highest BCUT2D eigenvalue weighted by atomic mass is 14.3. The largest absolute Gasteiger partial charge is 0.0654 e. The van der Waals surface area contributed by atoms with Crippen LogP contribution in [0.15, 0.2) is 0 Å². The fourth-order valence-corrected chi connectivity index (χ4v) is 2.87. The summed E-state index contributed by atoms with van der Waals surface area (Å²) in [7, 11) is 0. The quantitative estimate of drug-likeness (QED) is 0.493. The maximum atomic E-state index is 2.46. The second kappa shape index (κ2) is 8.14. The van der Waals surface area contributed by atoms with E-state index in [4.69, 9.17) is 0 Å². The molecule has 0 aliphatic carbocycles. The normalized spacial score (nSPS) is 21.2.